The number of aryl methyl sites for hydroxylation is 1. The number of carbonyl (C=O) groups is 1. The third kappa shape index (κ3) is 5.35. The molecule has 1 heterocycles. The fourth-order valence-corrected chi connectivity index (χ4v) is 4.75. The van der Waals surface area contributed by atoms with Gasteiger partial charge in [0.2, 0.25) is 10.0 Å². The Bertz CT molecular complexity index is 966. The number of amides is 1. The van der Waals surface area contributed by atoms with Gasteiger partial charge in [0.1, 0.15) is 5.75 Å². The molecule has 3 rings (SSSR count). The molecule has 1 saturated heterocycles. The molecule has 0 unspecified atom stereocenters. The van der Waals surface area contributed by atoms with Gasteiger partial charge in [-0.1, -0.05) is 18.2 Å². The number of ether oxygens (including phenoxy) is 1. The van der Waals surface area contributed by atoms with E-state index in [0.29, 0.717) is 35.7 Å². The molecule has 156 valence electrons. The average molecular weight is 418 g/mol. The minimum Gasteiger partial charge on any atom is -0.495 e. The summed E-state index contributed by atoms with van der Waals surface area (Å²) in [5.74, 6) is 0.242. The molecular formula is C21H27N3O4S. The number of nitrogens with zero attached hydrogens (tertiary/aromatic N) is 2. The van der Waals surface area contributed by atoms with Gasteiger partial charge in [0.05, 0.1) is 18.6 Å². The van der Waals surface area contributed by atoms with Crippen molar-refractivity contribution in [2.24, 2.45) is 0 Å². The number of sulfonamides is 1. The highest BCUT2D eigenvalue weighted by atomic mass is 32.2. The van der Waals surface area contributed by atoms with Crippen LogP contribution < -0.4 is 10.1 Å². The maximum atomic E-state index is 12.6. The second-order valence-electron chi connectivity index (χ2n) is 7.31. The normalized spacial score (nSPS) is 15.8. The van der Waals surface area contributed by atoms with Crippen LogP contribution in [0.2, 0.25) is 0 Å². The summed E-state index contributed by atoms with van der Waals surface area (Å²) in [5.41, 5.74) is 2.72. The Balaban J connectivity index is 1.67. The van der Waals surface area contributed by atoms with Crippen LogP contribution in [0.4, 0.5) is 5.69 Å². The number of carbonyl (C=O) groups excluding carboxylic acids is 1. The standard InChI is InChI=1S/C21H27N3O4S/c1-16-4-9-20(28-3)19(14-16)22-21(25)18-7-5-17(6-8-18)15-29(26,27)24-12-10-23(2)11-13-24/h4-9,14H,10-13,15H2,1-3H3,(H,22,25). The molecule has 29 heavy (non-hydrogen) atoms. The van der Waals surface area contributed by atoms with Crippen LogP contribution in [-0.4, -0.2) is 63.9 Å². The molecule has 0 atom stereocenters. The summed E-state index contributed by atoms with van der Waals surface area (Å²) in [6, 6.07) is 12.2. The molecule has 2 aromatic carbocycles. The number of hydrogen-bond acceptors (Lipinski definition) is 5. The molecule has 8 heteroatoms. The van der Waals surface area contributed by atoms with E-state index in [1.54, 1.807) is 37.4 Å². The maximum Gasteiger partial charge on any atom is 0.255 e. The van der Waals surface area contributed by atoms with Gasteiger partial charge in [-0.05, 0) is 49.4 Å². The predicted octanol–water partition coefficient (Wildman–Crippen LogP) is 2.33. The quantitative estimate of drug-likeness (QED) is 0.781. The third-order valence-electron chi connectivity index (χ3n) is 5.02. The highest BCUT2D eigenvalue weighted by Gasteiger charge is 2.25. The van der Waals surface area contributed by atoms with Gasteiger partial charge in [0.25, 0.3) is 5.91 Å². The van der Waals surface area contributed by atoms with Crippen LogP contribution in [0.25, 0.3) is 0 Å². The minimum atomic E-state index is -3.37. The van der Waals surface area contributed by atoms with Crippen LogP contribution in [0.3, 0.4) is 0 Å². The van der Waals surface area contributed by atoms with Crippen molar-refractivity contribution in [2.45, 2.75) is 12.7 Å². The van der Waals surface area contributed by atoms with Gasteiger partial charge in [-0.3, -0.25) is 4.79 Å². The molecule has 0 saturated carbocycles. The Labute approximate surface area is 172 Å². The summed E-state index contributed by atoms with van der Waals surface area (Å²) < 4.78 is 32.1. The number of benzene rings is 2. The van der Waals surface area contributed by atoms with Crippen molar-refractivity contribution in [1.29, 1.82) is 0 Å². The van der Waals surface area contributed by atoms with Crippen molar-refractivity contribution in [2.75, 3.05) is 45.7 Å². The molecule has 7 nitrogen and oxygen atoms in total. The van der Waals surface area contributed by atoms with Crippen molar-refractivity contribution in [3.8, 4) is 5.75 Å². The number of likely N-dealkylation sites (N-methyl/N-ethyl adjacent to an activating group) is 1. The van der Waals surface area contributed by atoms with Gasteiger partial charge in [-0.2, -0.15) is 4.31 Å². The number of piperazine rings is 1. The first-order valence-corrected chi connectivity index (χ1v) is 11.1. The van der Waals surface area contributed by atoms with E-state index in [1.807, 2.05) is 26.1 Å². The molecule has 1 aliphatic rings. The highest BCUT2D eigenvalue weighted by Crippen LogP contribution is 2.26. The van der Waals surface area contributed by atoms with Gasteiger partial charge in [-0.25, -0.2) is 8.42 Å². The van der Waals surface area contributed by atoms with E-state index in [4.69, 9.17) is 4.74 Å². The van der Waals surface area contributed by atoms with E-state index < -0.39 is 10.0 Å². The largest absolute Gasteiger partial charge is 0.495 e. The monoisotopic (exact) mass is 417 g/mol. The molecule has 2 aromatic rings. The number of methoxy groups -OCH3 is 1. The lowest BCUT2D eigenvalue weighted by Crippen LogP contribution is -2.47. The summed E-state index contributed by atoms with van der Waals surface area (Å²) in [7, 11) is 0.172. The Kier molecular flexibility index (Phi) is 6.56. The molecule has 1 N–H and O–H groups in total. The lowest BCUT2D eigenvalue weighted by Gasteiger charge is -2.31. The van der Waals surface area contributed by atoms with Crippen molar-refractivity contribution >= 4 is 21.6 Å². The third-order valence-corrected chi connectivity index (χ3v) is 6.87. The van der Waals surface area contributed by atoms with Gasteiger partial charge < -0.3 is 15.0 Å². The first kappa shape index (κ1) is 21.3. The molecule has 0 bridgehead atoms. The summed E-state index contributed by atoms with van der Waals surface area (Å²) >= 11 is 0. The Hall–Kier alpha value is -2.42. The molecule has 0 radical (unpaired) electrons. The minimum absolute atomic E-state index is 0.0652. The van der Waals surface area contributed by atoms with E-state index in [1.165, 1.54) is 4.31 Å². The Morgan fingerprint density at radius 2 is 1.72 bits per heavy atom. The Morgan fingerprint density at radius 1 is 1.07 bits per heavy atom. The fraction of sp³-hybridized carbons (Fsp3) is 0.381. The van der Waals surface area contributed by atoms with Crippen LogP contribution in [0, 0.1) is 6.92 Å². The molecule has 0 spiro atoms. The number of hydrogen-bond donors (Lipinski definition) is 1. The molecule has 1 amide bonds. The molecule has 1 aliphatic heterocycles. The second-order valence-corrected chi connectivity index (χ2v) is 9.28. The van der Waals surface area contributed by atoms with E-state index in [0.717, 1.165) is 18.7 Å². The summed E-state index contributed by atoms with van der Waals surface area (Å²) in [6.07, 6.45) is 0. The van der Waals surface area contributed by atoms with Crippen LogP contribution >= 0.6 is 0 Å². The van der Waals surface area contributed by atoms with Crippen LogP contribution in [0.5, 0.6) is 5.75 Å². The van der Waals surface area contributed by atoms with E-state index in [2.05, 4.69) is 10.2 Å². The molecule has 0 aromatic heterocycles. The van der Waals surface area contributed by atoms with E-state index in [9.17, 15) is 13.2 Å². The zero-order valence-corrected chi connectivity index (χ0v) is 17.8. The fourth-order valence-electron chi connectivity index (χ4n) is 3.23. The summed E-state index contributed by atoms with van der Waals surface area (Å²) in [4.78, 5) is 14.7. The van der Waals surface area contributed by atoms with E-state index >= 15 is 0 Å². The number of rotatable bonds is 6. The lowest BCUT2D eigenvalue weighted by atomic mass is 10.1. The number of nitrogens with one attached hydrogen (secondary N) is 1. The molecule has 0 aliphatic carbocycles. The first-order chi connectivity index (χ1) is 13.8. The zero-order valence-electron chi connectivity index (χ0n) is 17.0. The smallest absolute Gasteiger partial charge is 0.255 e. The van der Waals surface area contributed by atoms with Crippen LogP contribution in [0.1, 0.15) is 21.5 Å². The zero-order chi connectivity index (χ0) is 21.0. The first-order valence-electron chi connectivity index (χ1n) is 9.50. The average Bonchev–Trinajstić information content (AvgIpc) is 2.69. The molecular weight excluding hydrogens is 390 g/mol. The summed E-state index contributed by atoms with van der Waals surface area (Å²) in [6.45, 7) is 4.43. The van der Waals surface area contributed by atoms with Gasteiger partial charge in [0.15, 0.2) is 0 Å². The SMILES string of the molecule is COc1ccc(C)cc1NC(=O)c1ccc(CS(=O)(=O)N2CCN(C)CC2)cc1. The van der Waals surface area contributed by atoms with Gasteiger partial charge in [-0.15, -0.1) is 0 Å². The number of anilines is 1. The van der Waals surface area contributed by atoms with Gasteiger partial charge >= 0.3 is 0 Å². The summed E-state index contributed by atoms with van der Waals surface area (Å²) in [5, 5.41) is 2.85. The highest BCUT2D eigenvalue weighted by molar-refractivity contribution is 7.88. The van der Waals surface area contributed by atoms with Crippen molar-refractivity contribution < 1.29 is 17.9 Å². The topological polar surface area (TPSA) is 78.9 Å². The van der Waals surface area contributed by atoms with E-state index in [-0.39, 0.29) is 11.7 Å². The van der Waals surface area contributed by atoms with Crippen LogP contribution in [0.15, 0.2) is 42.5 Å². The van der Waals surface area contributed by atoms with Crippen molar-refractivity contribution in [3.05, 3.63) is 59.2 Å². The maximum absolute atomic E-state index is 12.6. The Morgan fingerprint density at radius 3 is 2.34 bits per heavy atom. The molecule has 1 fully saturated rings. The second kappa shape index (κ2) is 8.94. The lowest BCUT2D eigenvalue weighted by molar-refractivity contribution is 0.102. The predicted molar refractivity (Wildman–Crippen MR) is 114 cm³/mol. The van der Waals surface area contributed by atoms with Crippen molar-refractivity contribution in [1.82, 2.24) is 9.21 Å². The van der Waals surface area contributed by atoms with Crippen LogP contribution in [-0.2, 0) is 15.8 Å². The van der Waals surface area contributed by atoms with Crippen molar-refractivity contribution in [3.63, 3.8) is 0 Å². The van der Waals surface area contributed by atoms with Gasteiger partial charge in [0, 0.05) is 31.7 Å².